The number of unbranched alkanes of at least 4 members (excludes halogenated alkanes) is 4. The van der Waals surface area contributed by atoms with Gasteiger partial charge in [0.15, 0.2) is 0 Å². The normalized spacial score (nSPS) is 19.8. The van der Waals surface area contributed by atoms with Crippen LogP contribution in [0.5, 0.6) is 0 Å². The molecular weight excluding hydrogens is 331 g/mol. The van der Waals surface area contributed by atoms with Gasteiger partial charge < -0.3 is 0 Å². The molecule has 0 radical (unpaired) electrons. The van der Waals surface area contributed by atoms with E-state index in [1.807, 2.05) is 18.2 Å². The van der Waals surface area contributed by atoms with Gasteiger partial charge in [0, 0.05) is 0 Å². The van der Waals surface area contributed by atoms with Crippen LogP contribution in [0.25, 0.3) is 0 Å². The highest BCUT2D eigenvalue weighted by Gasteiger charge is 2.18. The molecule has 0 nitrogen and oxygen atoms in total. The number of rotatable bonds is 9. The number of allylic oxidation sites excluding steroid dienone is 2. The van der Waals surface area contributed by atoms with E-state index in [2.05, 4.69) is 31.8 Å². The molecular formula is C26H37F. The van der Waals surface area contributed by atoms with Crippen molar-refractivity contribution in [3.8, 4) is 11.8 Å². The Morgan fingerprint density at radius 2 is 1.74 bits per heavy atom. The average Bonchev–Trinajstić information content (AvgIpc) is 2.68. The quantitative estimate of drug-likeness (QED) is 0.307. The van der Waals surface area contributed by atoms with Gasteiger partial charge in [-0.05, 0) is 74.1 Å². The van der Waals surface area contributed by atoms with Gasteiger partial charge in [0.1, 0.15) is 5.82 Å². The van der Waals surface area contributed by atoms with Crippen molar-refractivity contribution in [2.45, 2.75) is 90.9 Å². The van der Waals surface area contributed by atoms with E-state index in [0.717, 1.165) is 24.3 Å². The minimum atomic E-state index is -0.183. The molecule has 1 saturated carbocycles. The molecule has 148 valence electrons. The highest BCUT2D eigenvalue weighted by molar-refractivity contribution is 5.39. The summed E-state index contributed by atoms with van der Waals surface area (Å²) in [5.41, 5.74) is 1.59. The van der Waals surface area contributed by atoms with Crippen LogP contribution in [0, 0.1) is 29.5 Å². The number of halogens is 1. The Kier molecular flexibility index (Phi) is 10.3. The van der Waals surface area contributed by atoms with Crippen LogP contribution in [0.3, 0.4) is 0 Å². The Hall–Kier alpha value is -1.55. The van der Waals surface area contributed by atoms with Gasteiger partial charge in [-0.15, -0.1) is 0 Å². The van der Waals surface area contributed by atoms with Crippen LogP contribution in [-0.2, 0) is 6.42 Å². The lowest BCUT2D eigenvalue weighted by molar-refractivity contribution is 0.289. The molecule has 0 atom stereocenters. The molecule has 0 spiro atoms. The zero-order chi connectivity index (χ0) is 19.3. The maximum absolute atomic E-state index is 14.2. The summed E-state index contributed by atoms with van der Waals surface area (Å²) in [5, 5.41) is 0. The number of benzene rings is 1. The van der Waals surface area contributed by atoms with E-state index in [0.29, 0.717) is 11.5 Å². The van der Waals surface area contributed by atoms with Crippen molar-refractivity contribution in [1.82, 2.24) is 0 Å². The first-order chi connectivity index (χ1) is 13.2. The van der Waals surface area contributed by atoms with Crippen molar-refractivity contribution < 1.29 is 4.39 Å². The molecule has 1 fully saturated rings. The molecule has 0 aromatic heterocycles. The molecule has 2 rings (SSSR count). The van der Waals surface area contributed by atoms with Gasteiger partial charge in [-0.25, -0.2) is 4.39 Å². The highest BCUT2D eigenvalue weighted by atomic mass is 19.1. The van der Waals surface area contributed by atoms with Gasteiger partial charge in [0.05, 0.1) is 5.56 Å². The van der Waals surface area contributed by atoms with E-state index >= 15 is 0 Å². The SMILES string of the molecule is CCCCCc1ccc(C#C/C=C/C2CCC(CCCCC)CC2)c(F)c1. The summed E-state index contributed by atoms with van der Waals surface area (Å²) in [5.74, 6) is 7.44. The third kappa shape index (κ3) is 8.34. The lowest BCUT2D eigenvalue weighted by Gasteiger charge is -2.26. The monoisotopic (exact) mass is 368 g/mol. The van der Waals surface area contributed by atoms with Gasteiger partial charge in [-0.1, -0.05) is 76.4 Å². The molecule has 0 heterocycles. The zero-order valence-corrected chi connectivity index (χ0v) is 17.4. The first kappa shape index (κ1) is 21.7. The first-order valence-corrected chi connectivity index (χ1v) is 11.2. The standard InChI is InChI=1S/C26H37F/c1-3-5-7-11-22-15-17-23(18-16-22)12-9-10-14-25-20-19-24(21-26(25)27)13-8-6-4-2/h9,12,19-23H,3-8,11,13,15-18H2,1-2H3/b12-9+. The molecule has 1 aromatic rings. The second-order valence-corrected chi connectivity index (χ2v) is 8.18. The molecule has 0 unspecified atom stereocenters. The first-order valence-electron chi connectivity index (χ1n) is 11.2. The molecule has 27 heavy (non-hydrogen) atoms. The molecule has 0 N–H and O–H groups in total. The minimum Gasteiger partial charge on any atom is -0.206 e. The molecule has 0 saturated heterocycles. The Balaban J connectivity index is 1.76. The summed E-state index contributed by atoms with van der Waals surface area (Å²) in [6, 6.07) is 5.51. The second kappa shape index (κ2) is 12.8. The van der Waals surface area contributed by atoms with E-state index in [1.165, 1.54) is 64.2 Å². The molecule has 1 heteroatoms. The summed E-state index contributed by atoms with van der Waals surface area (Å²) < 4.78 is 14.2. The lowest BCUT2D eigenvalue weighted by atomic mass is 9.79. The van der Waals surface area contributed by atoms with Crippen molar-refractivity contribution in [2.75, 3.05) is 0 Å². The van der Waals surface area contributed by atoms with Crippen LogP contribution in [0.1, 0.15) is 95.6 Å². The fourth-order valence-corrected chi connectivity index (χ4v) is 4.05. The molecule has 1 aliphatic rings. The van der Waals surface area contributed by atoms with E-state index in [4.69, 9.17) is 0 Å². The Morgan fingerprint density at radius 1 is 1.00 bits per heavy atom. The lowest BCUT2D eigenvalue weighted by Crippen LogP contribution is -2.12. The van der Waals surface area contributed by atoms with E-state index in [1.54, 1.807) is 6.07 Å². The average molecular weight is 369 g/mol. The number of hydrogen-bond acceptors (Lipinski definition) is 0. The topological polar surface area (TPSA) is 0 Å². The van der Waals surface area contributed by atoms with Crippen molar-refractivity contribution >= 4 is 0 Å². The third-order valence-electron chi connectivity index (χ3n) is 5.87. The molecule has 1 aliphatic carbocycles. The Bertz CT molecular complexity index is 623. The molecule has 1 aromatic carbocycles. The minimum absolute atomic E-state index is 0.183. The van der Waals surface area contributed by atoms with Crippen molar-refractivity contribution in [3.63, 3.8) is 0 Å². The van der Waals surface area contributed by atoms with Crippen LogP contribution in [0.15, 0.2) is 30.4 Å². The van der Waals surface area contributed by atoms with Crippen LogP contribution in [0.2, 0.25) is 0 Å². The Morgan fingerprint density at radius 3 is 2.44 bits per heavy atom. The third-order valence-corrected chi connectivity index (χ3v) is 5.87. The summed E-state index contributed by atoms with van der Waals surface area (Å²) in [4.78, 5) is 0. The fraction of sp³-hybridized carbons (Fsp3) is 0.615. The largest absolute Gasteiger partial charge is 0.206 e. The molecule has 0 bridgehead atoms. The van der Waals surface area contributed by atoms with Crippen LogP contribution >= 0.6 is 0 Å². The predicted octanol–water partition coefficient (Wildman–Crippen LogP) is 7.85. The van der Waals surface area contributed by atoms with Crippen LogP contribution < -0.4 is 0 Å². The van der Waals surface area contributed by atoms with Crippen molar-refractivity contribution in [3.05, 3.63) is 47.3 Å². The second-order valence-electron chi connectivity index (χ2n) is 8.18. The highest BCUT2D eigenvalue weighted by Crippen LogP contribution is 2.32. The molecule has 0 aliphatic heterocycles. The van der Waals surface area contributed by atoms with E-state index in [9.17, 15) is 4.39 Å². The predicted molar refractivity (Wildman–Crippen MR) is 115 cm³/mol. The van der Waals surface area contributed by atoms with Crippen LogP contribution in [0.4, 0.5) is 4.39 Å². The number of aryl methyl sites for hydroxylation is 1. The van der Waals surface area contributed by atoms with Gasteiger partial charge in [0.25, 0.3) is 0 Å². The van der Waals surface area contributed by atoms with Crippen molar-refractivity contribution in [1.29, 1.82) is 0 Å². The van der Waals surface area contributed by atoms with Gasteiger partial charge in [0.2, 0.25) is 0 Å². The summed E-state index contributed by atoms with van der Waals surface area (Å²) in [6.07, 6.45) is 19.5. The van der Waals surface area contributed by atoms with Crippen molar-refractivity contribution in [2.24, 2.45) is 11.8 Å². The van der Waals surface area contributed by atoms with Gasteiger partial charge in [-0.2, -0.15) is 0 Å². The summed E-state index contributed by atoms with van der Waals surface area (Å²) in [6.45, 7) is 4.46. The number of hydrogen-bond donors (Lipinski definition) is 0. The van der Waals surface area contributed by atoms with Gasteiger partial charge >= 0.3 is 0 Å². The summed E-state index contributed by atoms with van der Waals surface area (Å²) in [7, 11) is 0. The maximum atomic E-state index is 14.2. The fourth-order valence-electron chi connectivity index (χ4n) is 4.05. The summed E-state index contributed by atoms with van der Waals surface area (Å²) >= 11 is 0. The van der Waals surface area contributed by atoms with E-state index in [-0.39, 0.29) is 5.82 Å². The smallest absolute Gasteiger partial charge is 0.139 e. The van der Waals surface area contributed by atoms with Gasteiger partial charge in [-0.3, -0.25) is 0 Å². The Labute approximate surface area is 166 Å². The van der Waals surface area contributed by atoms with Crippen LogP contribution in [-0.4, -0.2) is 0 Å². The maximum Gasteiger partial charge on any atom is 0.139 e. The molecule has 0 amide bonds. The zero-order valence-electron chi connectivity index (χ0n) is 17.4. The van der Waals surface area contributed by atoms with E-state index < -0.39 is 0 Å².